The average Bonchev–Trinajstić information content (AvgIpc) is 2.85. The molecule has 0 bridgehead atoms. The maximum atomic E-state index is 12.4. The number of benzene rings is 2. The van der Waals surface area contributed by atoms with Crippen molar-refractivity contribution < 1.29 is 19.0 Å². The largest absolute Gasteiger partial charge is 0.497 e. The summed E-state index contributed by atoms with van der Waals surface area (Å²) in [7, 11) is 3.10. The summed E-state index contributed by atoms with van der Waals surface area (Å²) < 4.78 is 15.9. The van der Waals surface area contributed by atoms with Crippen molar-refractivity contribution in [3.63, 3.8) is 0 Å². The third-order valence-corrected chi connectivity index (χ3v) is 5.08. The van der Waals surface area contributed by atoms with Crippen molar-refractivity contribution in [3.05, 3.63) is 54.6 Å². The number of amides is 2. The average molecular weight is 435 g/mol. The van der Waals surface area contributed by atoms with Gasteiger partial charge in [-0.2, -0.15) is 0 Å². The molecule has 166 valence electrons. The molecule has 1 fully saturated rings. The van der Waals surface area contributed by atoms with E-state index in [2.05, 4.69) is 25.7 Å². The third kappa shape index (κ3) is 5.06. The molecule has 1 aliphatic rings. The number of anilines is 3. The Kier molecular flexibility index (Phi) is 6.66. The smallest absolute Gasteiger partial charge is 0.323 e. The minimum atomic E-state index is -0.390. The first-order valence-corrected chi connectivity index (χ1v) is 10.2. The molecule has 0 atom stereocenters. The first-order valence-electron chi connectivity index (χ1n) is 10.2. The fourth-order valence-electron chi connectivity index (χ4n) is 3.36. The second-order valence-electron chi connectivity index (χ2n) is 7.10. The Hall–Kier alpha value is -3.85. The van der Waals surface area contributed by atoms with Gasteiger partial charge in [0.1, 0.15) is 11.5 Å². The Morgan fingerprint density at radius 2 is 1.72 bits per heavy atom. The molecule has 9 heteroatoms. The van der Waals surface area contributed by atoms with Gasteiger partial charge in [-0.3, -0.25) is 0 Å². The number of carbonyl (C=O) groups is 1. The van der Waals surface area contributed by atoms with Gasteiger partial charge in [-0.1, -0.05) is 12.1 Å². The summed E-state index contributed by atoms with van der Waals surface area (Å²) in [5.74, 6) is 2.00. The van der Waals surface area contributed by atoms with Crippen LogP contribution in [0.25, 0.3) is 11.3 Å². The van der Waals surface area contributed by atoms with Crippen molar-refractivity contribution in [2.75, 3.05) is 56.1 Å². The van der Waals surface area contributed by atoms with Gasteiger partial charge in [0, 0.05) is 30.4 Å². The van der Waals surface area contributed by atoms with Gasteiger partial charge in [0.05, 0.1) is 38.8 Å². The number of aromatic nitrogens is 2. The van der Waals surface area contributed by atoms with Crippen LogP contribution in [-0.2, 0) is 4.74 Å². The zero-order valence-corrected chi connectivity index (χ0v) is 18.0. The molecule has 0 unspecified atom stereocenters. The van der Waals surface area contributed by atoms with Gasteiger partial charge < -0.3 is 29.7 Å². The van der Waals surface area contributed by atoms with Gasteiger partial charge in [-0.05, 0) is 36.4 Å². The van der Waals surface area contributed by atoms with Crippen LogP contribution in [0.2, 0.25) is 0 Å². The molecule has 0 saturated carbocycles. The molecule has 0 spiro atoms. The lowest BCUT2D eigenvalue weighted by atomic mass is 10.1. The molecular formula is C23H25N5O4. The van der Waals surface area contributed by atoms with Gasteiger partial charge in [-0.25, -0.2) is 4.79 Å². The number of carbonyl (C=O) groups excluding carboxylic acids is 1. The summed E-state index contributed by atoms with van der Waals surface area (Å²) >= 11 is 0. The fraction of sp³-hybridized carbons (Fsp3) is 0.261. The second kappa shape index (κ2) is 9.97. The van der Waals surface area contributed by atoms with E-state index in [-0.39, 0.29) is 6.03 Å². The Balaban J connectivity index is 1.39. The second-order valence-corrected chi connectivity index (χ2v) is 7.10. The van der Waals surface area contributed by atoms with E-state index < -0.39 is 0 Å². The lowest BCUT2D eigenvalue weighted by Crippen LogP contribution is -2.36. The highest BCUT2D eigenvalue weighted by molar-refractivity contribution is 6.00. The number of nitrogens with one attached hydrogen (secondary N) is 2. The molecule has 9 nitrogen and oxygen atoms in total. The van der Waals surface area contributed by atoms with E-state index in [1.807, 2.05) is 36.4 Å². The van der Waals surface area contributed by atoms with Crippen LogP contribution in [0.3, 0.4) is 0 Å². The van der Waals surface area contributed by atoms with E-state index in [4.69, 9.17) is 14.2 Å². The number of nitrogens with zero attached hydrogens (tertiary/aromatic N) is 3. The van der Waals surface area contributed by atoms with Crippen molar-refractivity contribution in [1.82, 2.24) is 10.2 Å². The third-order valence-electron chi connectivity index (χ3n) is 5.08. The minimum absolute atomic E-state index is 0.390. The summed E-state index contributed by atoms with van der Waals surface area (Å²) in [6.45, 7) is 3.04. The number of hydrogen-bond donors (Lipinski definition) is 2. The Morgan fingerprint density at radius 3 is 2.38 bits per heavy atom. The molecule has 1 aromatic heterocycles. The topological polar surface area (TPSA) is 97.8 Å². The predicted molar refractivity (Wildman–Crippen MR) is 123 cm³/mol. The summed E-state index contributed by atoms with van der Waals surface area (Å²) in [5, 5.41) is 14.3. The fourth-order valence-corrected chi connectivity index (χ4v) is 3.36. The number of ether oxygens (including phenoxy) is 3. The minimum Gasteiger partial charge on any atom is -0.497 e. The van der Waals surface area contributed by atoms with Crippen molar-refractivity contribution in [2.45, 2.75) is 0 Å². The van der Waals surface area contributed by atoms with E-state index >= 15 is 0 Å². The molecule has 4 rings (SSSR count). The van der Waals surface area contributed by atoms with Crippen LogP contribution in [0.4, 0.5) is 22.0 Å². The number of morpholine rings is 1. The number of hydrogen-bond acceptors (Lipinski definition) is 7. The quantitative estimate of drug-likeness (QED) is 0.610. The van der Waals surface area contributed by atoms with E-state index in [0.717, 1.165) is 30.2 Å². The molecule has 0 aliphatic carbocycles. The molecule has 2 aromatic carbocycles. The van der Waals surface area contributed by atoms with Crippen LogP contribution >= 0.6 is 0 Å². The molecule has 32 heavy (non-hydrogen) atoms. The SMILES string of the molecule is COc1ccc(OC)c(NC(=O)Nc2ccc(-c3ccc(N4CCOCC4)nn3)cc2)c1. The van der Waals surface area contributed by atoms with Gasteiger partial charge in [0.25, 0.3) is 0 Å². The van der Waals surface area contributed by atoms with E-state index in [1.54, 1.807) is 32.4 Å². The van der Waals surface area contributed by atoms with Crippen molar-refractivity contribution in [2.24, 2.45) is 0 Å². The maximum Gasteiger partial charge on any atom is 0.323 e. The molecule has 3 aromatic rings. The van der Waals surface area contributed by atoms with E-state index in [9.17, 15) is 4.79 Å². The first-order chi connectivity index (χ1) is 15.7. The summed E-state index contributed by atoms with van der Waals surface area (Å²) in [6.07, 6.45) is 0. The molecule has 1 saturated heterocycles. The van der Waals surface area contributed by atoms with Crippen LogP contribution in [0.5, 0.6) is 11.5 Å². The van der Waals surface area contributed by atoms with Gasteiger partial charge >= 0.3 is 6.03 Å². The molecule has 1 aliphatic heterocycles. The van der Waals surface area contributed by atoms with E-state index in [0.29, 0.717) is 36.1 Å². The maximum absolute atomic E-state index is 12.4. The summed E-state index contributed by atoms with van der Waals surface area (Å²) in [5.41, 5.74) is 2.83. The zero-order valence-electron chi connectivity index (χ0n) is 18.0. The van der Waals surface area contributed by atoms with Crippen LogP contribution < -0.4 is 25.0 Å². The summed E-state index contributed by atoms with van der Waals surface area (Å²) in [6, 6.07) is 16.1. The Morgan fingerprint density at radius 1 is 0.938 bits per heavy atom. The predicted octanol–water partition coefficient (Wildman–Crippen LogP) is 3.64. The van der Waals surface area contributed by atoms with Crippen molar-refractivity contribution >= 4 is 23.2 Å². The van der Waals surface area contributed by atoms with Crippen molar-refractivity contribution in [1.29, 1.82) is 0 Å². The van der Waals surface area contributed by atoms with Gasteiger partial charge in [-0.15, -0.1) is 10.2 Å². The first kappa shape index (κ1) is 21.4. The van der Waals surface area contributed by atoms with Crippen LogP contribution in [0.15, 0.2) is 54.6 Å². The zero-order chi connectivity index (χ0) is 22.3. The van der Waals surface area contributed by atoms with Crippen LogP contribution in [-0.4, -0.2) is 56.8 Å². The molecule has 0 radical (unpaired) electrons. The van der Waals surface area contributed by atoms with Crippen LogP contribution in [0, 0.1) is 0 Å². The van der Waals surface area contributed by atoms with E-state index in [1.165, 1.54) is 0 Å². The van der Waals surface area contributed by atoms with Crippen molar-refractivity contribution in [3.8, 4) is 22.8 Å². The highest BCUT2D eigenvalue weighted by Gasteiger charge is 2.13. The molecule has 2 heterocycles. The Bertz CT molecular complexity index is 1050. The highest BCUT2D eigenvalue weighted by atomic mass is 16.5. The number of urea groups is 1. The monoisotopic (exact) mass is 435 g/mol. The number of rotatable bonds is 6. The van der Waals surface area contributed by atoms with Gasteiger partial charge in [0.2, 0.25) is 0 Å². The van der Waals surface area contributed by atoms with Gasteiger partial charge in [0.15, 0.2) is 5.82 Å². The summed E-state index contributed by atoms with van der Waals surface area (Å²) in [4.78, 5) is 14.6. The molecular weight excluding hydrogens is 410 g/mol. The lowest BCUT2D eigenvalue weighted by molar-refractivity contribution is 0.122. The molecule has 2 amide bonds. The van der Waals surface area contributed by atoms with Crippen LogP contribution in [0.1, 0.15) is 0 Å². The lowest BCUT2D eigenvalue weighted by Gasteiger charge is -2.27. The number of methoxy groups -OCH3 is 2. The standard InChI is InChI=1S/C23H25N5O4/c1-30-18-7-9-21(31-2)20(15-18)25-23(29)24-17-5-3-16(4-6-17)19-8-10-22(27-26-19)28-11-13-32-14-12-28/h3-10,15H,11-14H2,1-2H3,(H2,24,25,29). The highest BCUT2D eigenvalue weighted by Crippen LogP contribution is 2.29. The normalized spacial score (nSPS) is 13.4. The Labute approximate surface area is 186 Å². The molecule has 2 N–H and O–H groups in total.